The van der Waals surface area contributed by atoms with Gasteiger partial charge in [-0.05, 0) is 151 Å². The molecule has 14 rings (SSSR count). The predicted molar refractivity (Wildman–Crippen MR) is 436 cm³/mol. The van der Waals surface area contributed by atoms with Gasteiger partial charge in [0.25, 0.3) is 14.0 Å². The van der Waals surface area contributed by atoms with Crippen molar-refractivity contribution < 1.29 is 9.16 Å². The average Bonchev–Trinajstić information content (AvgIpc) is 1.49. The quantitative estimate of drug-likeness (QED) is 0.0460. The number of thiophene rings is 4. The molecule has 0 fully saturated rings. The SMILES string of the molecule is [C-]#[N+]C1=C(/C=C/c2cc3c(s2)-c2sc4c5c(sc4c2C3(c2ccc(C(C)C)cc2)c2ccc(C(C)C)cc2)-c2sc(/C=C/c3ccc(N(C)CCO[Si](c4ccccc4)(c4ccccc4)C(C)(C)C)cc3)cc2C5(c2ccc(C(C)C)cc2)c2ccc(C(C)C)cc2)C(C)(C)O/C1=C(\C#N)[N+]#[C-]. The predicted octanol–water partition coefficient (Wildman–Crippen LogP) is 24.1. The zero-order chi connectivity index (χ0) is 71.8. The molecule has 0 radical (unpaired) electrons. The molecule has 102 heavy (non-hydrogen) atoms. The summed E-state index contributed by atoms with van der Waals surface area (Å²) in [6.45, 7) is 46.5. The van der Waals surface area contributed by atoms with Gasteiger partial charge >= 0.3 is 0 Å². The summed E-state index contributed by atoms with van der Waals surface area (Å²) in [7, 11) is -0.512. The van der Waals surface area contributed by atoms with Crippen molar-refractivity contribution in [3.8, 4) is 25.6 Å². The van der Waals surface area contributed by atoms with Gasteiger partial charge in [-0.2, -0.15) is 0 Å². The number of hydrogen-bond acceptors (Lipinski definition) is 8. The molecule has 3 aliphatic rings. The van der Waals surface area contributed by atoms with E-state index in [0.717, 1.165) is 22.7 Å². The number of likely N-dealkylation sites (N-methyl/N-ethyl adjacent to an activating group) is 1. The molecule has 510 valence electrons. The number of nitriles is 1. The number of fused-ring (bicyclic) bond motifs is 9. The maximum atomic E-state index is 9.97. The van der Waals surface area contributed by atoms with Crippen LogP contribution in [0.3, 0.4) is 0 Å². The van der Waals surface area contributed by atoms with E-state index in [1.54, 1.807) is 11.3 Å². The van der Waals surface area contributed by atoms with Crippen molar-refractivity contribution in [3.63, 3.8) is 0 Å². The number of ether oxygens (including phenoxy) is 1. The molecule has 1 aliphatic heterocycles. The Morgan fingerprint density at radius 3 is 1.31 bits per heavy atom. The third kappa shape index (κ3) is 11.6. The van der Waals surface area contributed by atoms with Gasteiger partial charge in [0.05, 0.1) is 65.6 Å². The highest BCUT2D eigenvalue weighted by molar-refractivity contribution is 7.34. The third-order valence-electron chi connectivity index (χ3n) is 21.4. The Morgan fingerprint density at radius 2 is 0.951 bits per heavy atom. The van der Waals surface area contributed by atoms with E-state index < -0.39 is 24.7 Å². The fourth-order valence-electron chi connectivity index (χ4n) is 15.9. The molecular formula is C91H86N4O2S4Si. The van der Waals surface area contributed by atoms with Gasteiger partial charge in [0.15, 0.2) is 0 Å². The first-order valence-electron chi connectivity index (χ1n) is 35.6. The minimum atomic E-state index is -2.69. The normalized spacial score (nSPS) is 15.5. The van der Waals surface area contributed by atoms with E-state index in [1.807, 2.05) is 60.0 Å². The number of anilines is 1. The molecule has 0 bridgehead atoms. The van der Waals surface area contributed by atoms with Crippen molar-refractivity contribution in [3.05, 3.63) is 328 Å². The summed E-state index contributed by atoms with van der Waals surface area (Å²) in [5.41, 5.74) is 16.0. The zero-order valence-electron chi connectivity index (χ0n) is 60.7. The number of nitrogens with zero attached hydrogens (tertiary/aromatic N) is 4. The smallest absolute Gasteiger partial charge is 0.292 e. The van der Waals surface area contributed by atoms with E-state index in [2.05, 4.69) is 310 Å². The van der Waals surface area contributed by atoms with Crippen molar-refractivity contribution >= 4 is 97.4 Å². The summed E-state index contributed by atoms with van der Waals surface area (Å²) in [6, 6.07) is 75.9. The van der Waals surface area contributed by atoms with Crippen molar-refractivity contribution in [2.24, 2.45) is 0 Å². The summed E-state index contributed by atoms with van der Waals surface area (Å²) in [4.78, 5) is 17.1. The van der Waals surface area contributed by atoms with E-state index in [0.29, 0.717) is 35.9 Å². The molecule has 7 aromatic carbocycles. The van der Waals surface area contributed by atoms with Crippen LogP contribution in [0.4, 0.5) is 5.69 Å². The van der Waals surface area contributed by atoms with Crippen LogP contribution in [0, 0.1) is 24.5 Å². The van der Waals surface area contributed by atoms with E-state index in [1.165, 1.54) is 111 Å². The Hall–Kier alpha value is -9.19. The Kier molecular flexibility index (Phi) is 18.6. The highest BCUT2D eigenvalue weighted by atomic mass is 32.1. The van der Waals surface area contributed by atoms with Crippen LogP contribution in [-0.4, -0.2) is 34.1 Å². The molecule has 11 heteroatoms. The standard InChI is InChI=1S/C91H86N4O2S4Si/c1-56(2)61-30-38-65(39-31-61)90(66-40-32-62(33-41-66)57(3)4)75-53-70(48-29-60-27-46-69(47-28-60)95(16)51-52-96-102(88(9,10)11,72-23-19-17-20-24-72)73-25-21-18-22-26-73)98-82(75)84-78(90)86-87(100-84)79-85(101-86)83-76(54-71(99-83)49-50-74-80(94-15)81(77(55-92)93-14)97-89(74,12)13)91(79,67-42-34-63(35-43-67)58(5)6)68-44-36-64(37-45-68)59(7)8/h17-50,53-54,56-59H,51-52H2,1-13,16H3/b48-29+,50-49+,81-77+. The van der Waals surface area contributed by atoms with Gasteiger partial charge in [0.2, 0.25) is 5.70 Å². The lowest BCUT2D eigenvalue weighted by atomic mass is 9.67. The first kappa shape index (κ1) is 69.9. The van der Waals surface area contributed by atoms with Crippen LogP contribution in [0.1, 0.15) is 196 Å². The van der Waals surface area contributed by atoms with Gasteiger partial charge in [0.1, 0.15) is 11.4 Å². The fraction of sp³-hybridized carbons (Fsp3) is 0.264. The van der Waals surface area contributed by atoms with Crippen molar-refractivity contribution in [1.82, 2.24) is 0 Å². The first-order valence-corrected chi connectivity index (χ1v) is 40.7. The van der Waals surface area contributed by atoms with Gasteiger partial charge in [0, 0.05) is 45.7 Å². The minimum Gasteiger partial charge on any atom is -0.505 e. The molecule has 0 N–H and O–H groups in total. The largest absolute Gasteiger partial charge is 0.505 e. The molecule has 0 unspecified atom stereocenters. The molecule has 0 saturated heterocycles. The maximum Gasteiger partial charge on any atom is 0.292 e. The summed E-state index contributed by atoms with van der Waals surface area (Å²) >= 11 is 7.66. The molecular weight excluding hydrogens is 1340 g/mol. The summed E-state index contributed by atoms with van der Waals surface area (Å²) in [5, 5.41) is 12.5. The lowest BCUT2D eigenvalue weighted by Gasteiger charge is -2.43. The van der Waals surface area contributed by atoms with E-state index in [9.17, 15) is 5.26 Å². The average molecular weight is 1420 g/mol. The van der Waals surface area contributed by atoms with Crippen LogP contribution in [0.2, 0.25) is 5.04 Å². The second-order valence-electron chi connectivity index (χ2n) is 30.2. The van der Waals surface area contributed by atoms with Gasteiger partial charge in [-0.25, -0.2) is 15.0 Å². The molecule has 0 saturated carbocycles. The Bertz CT molecular complexity index is 5100. The number of rotatable bonds is 19. The summed E-state index contributed by atoms with van der Waals surface area (Å²) < 4.78 is 16.3. The molecule has 11 aromatic rings. The monoisotopic (exact) mass is 1420 g/mol. The van der Waals surface area contributed by atoms with Crippen molar-refractivity contribution in [1.29, 1.82) is 5.26 Å². The molecule has 0 spiro atoms. The van der Waals surface area contributed by atoms with Crippen LogP contribution in [0.25, 0.3) is 56.8 Å². The molecule has 0 amide bonds. The Labute approximate surface area is 620 Å². The molecule has 0 atom stereocenters. The highest BCUT2D eigenvalue weighted by Gasteiger charge is 2.56. The van der Waals surface area contributed by atoms with Crippen molar-refractivity contribution in [2.75, 3.05) is 25.1 Å². The lowest BCUT2D eigenvalue weighted by Crippen LogP contribution is -2.67. The van der Waals surface area contributed by atoms with Gasteiger partial charge in [-0.15, -0.1) is 45.3 Å². The van der Waals surface area contributed by atoms with Crippen LogP contribution >= 0.6 is 45.3 Å². The van der Waals surface area contributed by atoms with E-state index >= 15 is 0 Å². The topological polar surface area (TPSA) is 54.2 Å². The van der Waals surface area contributed by atoms with Gasteiger partial charge in [-0.1, -0.05) is 258 Å². The molecule has 5 heterocycles. The fourth-order valence-corrected chi connectivity index (χ4v) is 26.1. The van der Waals surface area contributed by atoms with Crippen LogP contribution in [0.5, 0.6) is 0 Å². The van der Waals surface area contributed by atoms with E-state index in [-0.39, 0.29) is 22.2 Å². The minimum absolute atomic E-state index is 0.0474. The third-order valence-corrected chi connectivity index (χ3v) is 31.5. The van der Waals surface area contributed by atoms with Gasteiger partial charge in [-0.3, -0.25) is 0 Å². The van der Waals surface area contributed by atoms with Crippen molar-refractivity contribution in [2.45, 2.75) is 135 Å². The maximum absolute atomic E-state index is 9.97. The highest BCUT2D eigenvalue weighted by Crippen LogP contribution is 2.70. The molecule has 4 aromatic heterocycles. The number of allylic oxidation sites excluding steroid dienone is 1. The van der Waals surface area contributed by atoms with Crippen LogP contribution < -0.4 is 15.3 Å². The van der Waals surface area contributed by atoms with Crippen LogP contribution in [-0.2, 0) is 20.0 Å². The number of benzene rings is 7. The summed E-state index contributed by atoms with van der Waals surface area (Å²) in [6.07, 6.45) is 8.72. The number of hydrogen-bond donors (Lipinski definition) is 0. The van der Waals surface area contributed by atoms with Gasteiger partial charge < -0.3 is 14.1 Å². The summed E-state index contributed by atoms with van der Waals surface area (Å²) in [5.74, 6) is 1.46. The Balaban J connectivity index is 0.923. The molecule has 6 nitrogen and oxygen atoms in total. The first-order chi connectivity index (χ1) is 49.0. The van der Waals surface area contributed by atoms with E-state index in [4.69, 9.17) is 22.3 Å². The Morgan fingerprint density at radius 1 is 0.549 bits per heavy atom. The molecule has 2 aliphatic carbocycles. The second kappa shape index (κ2) is 27.2. The lowest BCUT2D eigenvalue weighted by molar-refractivity contribution is 0.0952. The zero-order valence-corrected chi connectivity index (χ0v) is 65.0. The van der Waals surface area contributed by atoms with Crippen LogP contribution in [0.15, 0.2) is 223 Å². The second-order valence-corrected chi connectivity index (χ2v) is 38.8.